The monoisotopic (exact) mass is 1880 g/mol. The van der Waals surface area contributed by atoms with Crippen LogP contribution in [0.4, 0.5) is 0 Å². The van der Waals surface area contributed by atoms with Crippen LogP contribution < -0.4 is 0 Å². The number of halogens is 2. The molecule has 0 N–H and O–H groups in total. The number of allylic oxidation sites excluding steroid dienone is 12. The number of fused-ring (bicyclic) bond motifs is 4. The third kappa shape index (κ3) is 35.7. The van der Waals surface area contributed by atoms with Gasteiger partial charge in [0.1, 0.15) is 0 Å². The van der Waals surface area contributed by atoms with E-state index >= 15 is 0 Å². The molecule has 134 heavy (non-hydrogen) atoms. The Kier molecular flexibility index (Phi) is 45.4. The summed E-state index contributed by atoms with van der Waals surface area (Å²) in [7, 11) is 0. The molecule has 4 aromatic carbocycles. The Balaban J connectivity index is 0.000000201. The van der Waals surface area contributed by atoms with Crippen molar-refractivity contribution in [2.45, 2.75) is 237 Å². The summed E-state index contributed by atoms with van der Waals surface area (Å²) >= 11 is 13.3. The Labute approximate surface area is 804 Å². The number of benzene rings is 4. The van der Waals surface area contributed by atoms with Gasteiger partial charge in [-0.25, -0.2) is 19.2 Å². The van der Waals surface area contributed by atoms with Gasteiger partial charge in [0.2, 0.25) is 0 Å². The molecule has 8 aliphatic rings. The van der Waals surface area contributed by atoms with Crippen LogP contribution in [0.1, 0.15) is 264 Å². The molecule has 26 heteroatoms. The molecule has 24 nitrogen and oxygen atoms in total. The van der Waals surface area contributed by atoms with Crippen LogP contribution in [0.5, 0.6) is 0 Å². The summed E-state index contributed by atoms with van der Waals surface area (Å²) in [6, 6.07) is 11.8. The van der Waals surface area contributed by atoms with E-state index in [1.165, 1.54) is 12.8 Å². The van der Waals surface area contributed by atoms with Crippen molar-refractivity contribution < 1.29 is 76.7 Å². The largest absolute Gasteiger partial charge is 0.462 e. The van der Waals surface area contributed by atoms with Crippen LogP contribution in [-0.2, 0) is 83.2 Å². The molecule has 724 valence electrons. The van der Waals surface area contributed by atoms with E-state index < -0.39 is 11.9 Å². The zero-order valence-electron chi connectivity index (χ0n) is 81.2. The number of likely N-dealkylation sites (tertiary alicyclic amines) is 4. The first-order valence-electron chi connectivity index (χ1n) is 48.3. The minimum absolute atomic E-state index is 0.0293. The molecular weight excluding hydrogens is 1740 g/mol. The van der Waals surface area contributed by atoms with Crippen LogP contribution in [-0.4, -0.2) is 195 Å². The van der Waals surface area contributed by atoms with Gasteiger partial charge < -0.3 is 57.9 Å². The number of hydrogen-bond donors (Lipinski definition) is 0. The summed E-state index contributed by atoms with van der Waals surface area (Å²) < 4.78 is 22.2. The van der Waals surface area contributed by atoms with E-state index in [0.717, 1.165) is 198 Å². The van der Waals surface area contributed by atoms with Gasteiger partial charge >= 0.3 is 23.9 Å². The highest BCUT2D eigenvalue weighted by Crippen LogP contribution is 2.33. The van der Waals surface area contributed by atoms with Gasteiger partial charge in [0.15, 0.2) is 26.4 Å². The lowest BCUT2D eigenvalue weighted by Crippen LogP contribution is -2.37. The summed E-state index contributed by atoms with van der Waals surface area (Å²) in [5.41, 5.74) is 15.0. The molecule has 4 aromatic rings. The number of aryl methyl sites for hydroxylation is 8. The minimum Gasteiger partial charge on any atom is -0.462 e. The van der Waals surface area contributed by atoms with Crippen LogP contribution in [0.2, 0.25) is 10.0 Å². The van der Waals surface area contributed by atoms with Crippen LogP contribution in [0.15, 0.2) is 154 Å². The number of rotatable bonds is 12. The number of esters is 4. The number of ether oxygens (including phenoxy) is 4. The van der Waals surface area contributed by atoms with Crippen molar-refractivity contribution in [3.63, 3.8) is 0 Å². The average molecular weight is 1880 g/mol. The Hall–Kier alpha value is -11.0. The van der Waals surface area contributed by atoms with Gasteiger partial charge in [-0.05, 0) is 287 Å². The van der Waals surface area contributed by atoms with Gasteiger partial charge in [-0.2, -0.15) is 0 Å². The molecule has 4 fully saturated rings. The Morgan fingerprint density at radius 2 is 0.560 bits per heavy atom. The van der Waals surface area contributed by atoms with Crippen molar-refractivity contribution in [3.8, 4) is 0 Å². The van der Waals surface area contributed by atoms with Gasteiger partial charge in [0, 0.05) is 88.1 Å². The lowest BCUT2D eigenvalue weighted by molar-refractivity contribution is -0.137. The van der Waals surface area contributed by atoms with Crippen LogP contribution in [0.3, 0.4) is 0 Å². The molecule has 8 heterocycles. The van der Waals surface area contributed by atoms with E-state index in [1.807, 2.05) is 160 Å². The number of piperidine rings is 4. The fourth-order valence-corrected chi connectivity index (χ4v) is 17.7. The number of oxime groups is 4. The van der Waals surface area contributed by atoms with Crippen molar-refractivity contribution in [1.29, 1.82) is 0 Å². The van der Waals surface area contributed by atoms with Gasteiger partial charge in [-0.3, -0.25) is 19.2 Å². The van der Waals surface area contributed by atoms with E-state index in [0.29, 0.717) is 168 Å². The smallest absolute Gasteiger partial charge is 0.338 e. The molecule has 8 aliphatic heterocycles. The molecule has 0 saturated carbocycles. The maximum absolute atomic E-state index is 13.0. The Morgan fingerprint density at radius 1 is 0.321 bits per heavy atom. The lowest BCUT2D eigenvalue weighted by Gasteiger charge is -2.26. The molecular formula is C108H142Cl2N8O16. The summed E-state index contributed by atoms with van der Waals surface area (Å²) in [6.07, 6.45) is 53.1. The number of carbonyl (C=O) groups is 8. The standard InChI is InChI=1S/2C27H35ClN2O4.2C27H36N2O4/c2*1-19-10-5-8-15-33-27(32)25-20(2)16-21(3)26(28)23(25)17-22(12-9-11-19)29-34-18-24(31)30-13-6-4-7-14-30;2*1-20-10-5-8-15-32-27(31)26-22(3)16-21(2)17-23(26)18-24(12-9-11-20)28-33-19-25(30)29-13-6-4-7-14-29/h2*5,9-10,12,16,19H,4,6-8,11,13-15,17-18H2,1-3H3;2*5,9-10,12,16-17,20H,4,6-8,11,13-15,18-19H2,1-3H3/b10-5+,12-9+,29-22+;10-5+,12-9+,29-22-;10-5+,12-9+,28-24+;10-5+,12-9+,28-24-. The van der Waals surface area contributed by atoms with Gasteiger partial charge in [0.05, 0.1) is 71.5 Å². The van der Waals surface area contributed by atoms with E-state index in [-0.39, 0.29) is 62.0 Å². The topological polar surface area (TPSA) is 273 Å². The van der Waals surface area contributed by atoms with Crippen molar-refractivity contribution in [1.82, 2.24) is 19.6 Å². The fraction of sp³-hybridized carbons (Fsp3) is 0.519. The molecule has 4 unspecified atom stereocenters. The average Bonchev–Trinajstić information content (AvgIpc) is 0.799. The number of nitrogens with zero attached hydrogens (tertiary/aromatic N) is 8. The molecule has 4 amide bonds. The first-order valence-corrected chi connectivity index (χ1v) is 49.0. The molecule has 12 rings (SSSR count). The highest BCUT2D eigenvalue weighted by molar-refractivity contribution is 6.33. The van der Waals surface area contributed by atoms with E-state index in [4.69, 9.17) is 61.5 Å². The Morgan fingerprint density at radius 3 is 0.821 bits per heavy atom. The normalized spacial score (nSPS) is 23.1. The number of cyclic esters (lactones) is 4. The summed E-state index contributed by atoms with van der Waals surface area (Å²) in [4.78, 5) is 131. The maximum atomic E-state index is 13.0. The van der Waals surface area contributed by atoms with Crippen molar-refractivity contribution in [2.75, 3.05) is 105 Å². The number of hydrogen-bond acceptors (Lipinski definition) is 20. The lowest BCUT2D eigenvalue weighted by atomic mass is 9.94. The molecule has 4 saturated heterocycles. The third-order valence-corrected chi connectivity index (χ3v) is 25.4. The second-order valence-corrected chi connectivity index (χ2v) is 37.1. The molecule has 0 bridgehead atoms. The molecule has 0 radical (unpaired) electrons. The number of amides is 4. The van der Waals surface area contributed by atoms with Crippen LogP contribution in [0.25, 0.3) is 0 Å². The Bertz CT molecular complexity index is 4740. The van der Waals surface area contributed by atoms with Gasteiger partial charge in [0.25, 0.3) is 23.6 Å². The van der Waals surface area contributed by atoms with E-state index in [1.54, 1.807) is 0 Å². The second-order valence-electron chi connectivity index (χ2n) is 36.4. The SMILES string of the molecule is Cc1cc(C)c2c(c1)CC(=N/OCC(=O)N1CCCCC1)/C=C/CC(C)/C=C/CCOC2=O.Cc1cc(C)c2c(c1)CC(=N\OCC(=O)N1CCCCC1)/C=C/CC(C)/C=C/CCOC2=O.Cc1cc(C)c2c(c1Cl)CC(=N/OCC(=O)N1CCCCC1)/C=C/CC(C)/C=C/CCOC2=O.Cc1cc(C)c2c(c1Cl)CC(=N\OCC(=O)N1CCCCC1)/C=C/CC(C)/C=C/CCOC2=O. The number of carbonyl (C=O) groups excluding carboxylic acids is 8. The highest BCUT2D eigenvalue weighted by Gasteiger charge is 2.29. The van der Waals surface area contributed by atoms with Crippen molar-refractivity contribution in [3.05, 3.63) is 233 Å². The quantitative estimate of drug-likeness (QED) is 0.0552. The first-order chi connectivity index (χ1) is 64.6. The predicted octanol–water partition coefficient (Wildman–Crippen LogP) is 21.0. The maximum Gasteiger partial charge on any atom is 0.338 e. The molecule has 0 spiro atoms. The van der Waals surface area contributed by atoms with Gasteiger partial charge in [-0.1, -0.05) is 192 Å². The first kappa shape index (κ1) is 107. The van der Waals surface area contributed by atoms with Crippen LogP contribution in [0, 0.1) is 79.1 Å². The predicted molar refractivity (Wildman–Crippen MR) is 532 cm³/mol. The molecule has 0 aliphatic carbocycles. The van der Waals surface area contributed by atoms with Crippen molar-refractivity contribution in [2.24, 2.45) is 44.3 Å². The third-order valence-electron chi connectivity index (χ3n) is 24.4. The summed E-state index contributed by atoms with van der Waals surface area (Å²) in [6.45, 7) is 31.2. The van der Waals surface area contributed by atoms with Crippen LogP contribution >= 0.6 is 23.2 Å². The fourth-order valence-electron chi connectivity index (χ4n) is 17.3. The van der Waals surface area contributed by atoms with E-state index in [2.05, 4.69) is 96.9 Å². The summed E-state index contributed by atoms with van der Waals surface area (Å²) in [5.74, 6) is -0.194. The molecule has 4 atom stereocenters. The molecule has 0 aromatic heterocycles. The minimum atomic E-state index is -0.391. The zero-order valence-corrected chi connectivity index (χ0v) is 82.7. The van der Waals surface area contributed by atoms with Crippen molar-refractivity contribution >= 4 is 93.6 Å². The highest BCUT2D eigenvalue weighted by atomic mass is 35.5. The second kappa shape index (κ2) is 57.0. The zero-order chi connectivity index (χ0) is 96.3. The van der Waals surface area contributed by atoms with E-state index in [9.17, 15) is 38.4 Å². The van der Waals surface area contributed by atoms with Gasteiger partial charge in [-0.15, -0.1) is 0 Å². The summed E-state index contributed by atoms with van der Waals surface area (Å²) in [5, 5.41) is 18.2.